The molecule has 2 heterocycles. The Balaban J connectivity index is 1.02. The first-order valence-electron chi connectivity index (χ1n) is 21.6. The van der Waals surface area contributed by atoms with Gasteiger partial charge in [0.25, 0.3) is 0 Å². The molecule has 2 aromatic heterocycles. The van der Waals surface area contributed by atoms with Crippen molar-refractivity contribution in [3.63, 3.8) is 0 Å². The summed E-state index contributed by atoms with van der Waals surface area (Å²) in [6.07, 6.45) is 3.73. The smallest absolute Gasteiger partial charge is 0.0734 e. The van der Waals surface area contributed by atoms with Crippen molar-refractivity contribution in [2.45, 2.75) is 5.41 Å². The lowest BCUT2D eigenvalue weighted by Gasteiger charge is -2.35. The van der Waals surface area contributed by atoms with Crippen LogP contribution in [0, 0.1) is 0 Å². The summed E-state index contributed by atoms with van der Waals surface area (Å²) in [5, 5.41) is 2.47. The largest absolute Gasteiger partial charge is 0.309 e. The number of anilines is 3. The maximum Gasteiger partial charge on any atom is 0.0734 e. The molecule has 0 aliphatic heterocycles. The van der Waals surface area contributed by atoms with Gasteiger partial charge in [-0.25, -0.2) is 0 Å². The minimum Gasteiger partial charge on any atom is -0.309 e. The summed E-state index contributed by atoms with van der Waals surface area (Å²) in [4.78, 5) is 6.67. The van der Waals surface area contributed by atoms with Gasteiger partial charge in [0.1, 0.15) is 0 Å². The van der Waals surface area contributed by atoms with E-state index in [1.165, 1.54) is 77.6 Å². The Labute approximate surface area is 367 Å². The van der Waals surface area contributed by atoms with E-state index in [9.17, 15) is 0 Å². The fourth-order valence-electron chi connectivity index (χ4n) is 10.3. The molecule has 0 saturated carbocycles. The number of pyridine rings is 1. The van der Waals surface area contributed by atoms with Crippen LogP contribution in [-0.4, -0.2) is 9.55 Å². The van der Waals surface area contributed by atoms with Gasteiger partial charge in [-0.3, -0.25) is 4.98 Å². The van der Waals surface area contributed by atoms with Crippen LogP contribution >= 0.6 is 0 Å². The molecular formula is C60H41N3. The van der Waals surface area contributed by atoms with Crippen molar-refractivity contribution in [1.29, 1.82) is 0 Å². The highest BCUT2D eigenvalue weighted by Gasteiger charge is 2.48. The summed E-state index contributed by atoms with van der Waals surface area (Å²) in [6, 6.07) is 86.3. The number of benzene rings is 9. The normalized spacial score (nSPS) is 12.6. The number of rotatable bonds is 8. The van der Waals surface area contributed by atoms with Gasteiger partial charge in [0, 0.05) is 33.9 Å². The molecule has 1 aliphatic rings. The third-order valence-electron chi connectivity index (χ3n) is 12.9. The van der Waals surface area contributed by atoms with Crippen molar-refractivity contribution in [3.05, 3.63) is 271 Å². The zero-order valence-corrected chi connectivity index (χ0v) is 34.5. The Morgan fingerprint density at radius 1 is 0.381 bits per heavy atom. The molecule has 0 radical (unpaired) electrons. The molecule has 0 unspecified atom stereocenters. The number of fused-ring (bicyclic) bond motifs is 6. The number of aromatic nitrogens is 2. The molecule has 3 nitrogen and oxygen atoms in total. The highest BCUT2D eigenvalue weighted by Crippen LogP contribution is 2.58. The molecule has 0 bridgehead atoms. The molecule has 1 aliphatic carbocycles. The highest BCUT2D eigenvalue weighted by molar-refractivity contribution is 6.11. The lowest BCUT2D eigenvalue weighted by molar-refractivity contribution is 0.762. The van der Waals surface area contributed by atoms with Gasteiger partial charge in [-0.15, -0.1) is 0 Å². The molecular weight excluding hydrogens is 763 g/mol. The molecule has 3 heteroatoms. The average Bonchev–Trinajstić information content (AvgIpc) is 3.86. The van der Waals surface area contributed by atoms with Crippen LogP contribution in [0.1, 0.15) is 22.3 Å². The van der Waals surface area contributed by atoms with Crippen LogP contribution in [0.25, 0.3) is 60.9 Å². The molecule has 63 heavy (non-hydrogen) atoms. The van der Waals surface area contributed by atoms with Crippen molar-refractivity contribution in [2.75, 3.05) is 4.90 Å². The van der Waals surface area contributed by atoms with Crippen molar-refractivity contribution >= 4 is 38.9 Å². The lowest BCUT2D eigenvalue weighted by atomic mass is 9.67. The molecule has 0 amide bonds. The maximum atomic E-state index is 4.43. The van der Waals surface area contributed by atoms with Crippen molar-refractivity contribution in [3.8, 4) is 39.1 Å². The summed E-state index contributed by atoms with van der Waals surface area (Å²) < 4.78 is 2.53. The van der Waals surface area contributed by atoms with E-state index in [-0.39, 0.29) is 0 Å². The quantitative estimate of drug-likeness (QED) is 0.153. The van der Waals surface area contributed by atoms with Crippen LogP contribution in [0.3, 0.4) is 0 Å². The van der Waals surface area contributed by atoms with E-state index in [4.69, 9.17) is 0 Å². The van der Waals surface area contributed by atoms with Crippen LogP contribution < -0.4 is 4.90 Å². The standard InChI is InChI=1S/C60H41N3/c1-4-19-46(20-5-1)60(47-21-6-2-7-22-47)55-29-12-10-26-51(55)54-28-15-31-57(59(54)60)63-56-30-13-11-27-52(56)53-37-34-45(40-58(53)63)44-18-14-17-43(39-44)42-32-35-49(36-33-42)62(48-23-8-3-9-24-48)50-25-16-38-61-41-50/h1-41H. The Bertz CT molecular complexity index is 3350. The monoisotopic (exact) mass is 803 g/mol. The highest BCUT2D eigenvalue weighted by atomic mass is 15.1. The lowest BCUT2D eigenvalue weighted by Crippen LogP contribution is -2.29. The van der Waals surface area contributed by atoms with Gasteiger partial charge in [-0.2, -0.15) is 0 Å². The van der Waals surface area contributed by atoms with Crippen molar-refractivity contribution < 1.29 is 0 Å². The van der Waals surface area contributed by atoms with Gasteiger partial charge < -0.3 is 9.47 Å². The predicted octanol–water partition coefficient (Wildman–Crippen LogP) is 15.3. The molecule has 0 N–H and O–H groups in total. The Hall–Kier alpha value is -8.27. The van der Waals surface area contributed by atoms with Crippen molar-refractivity contribution in [2.24, 2.45) is 0 Å². The average molecular weight is 804 g/mol. The Morgan fingerprint density at radius 2 is 0.952 bits per heavy atom. The fourth-order valence-corrected chi connectivity index (χ4v) is 10.3. The molecule has 9 aromatic carbocycles. The van der Waals surface area contributed by atoms with Gasteiger partial charge in [0.05, 0.1) is 34.0 Å². The second-order valence-electron chi connectivity index (χ2n) is 16.3. The minimum atomic E-state index is -0.541. The van der Waals surface area contributed by atoms with E-state index in [0.717, 1.165) is 22.6 Å². The summed E-state index contributed by atoms with van der Waals surface area (Å²) in [5.74, 6) is 0. The molecule has 296 valence electrons. The molecule has 0 saturated heterocycles. The van der Waals surface area contributed by atoms with Gasteiger partial charge in [0.15, 0.2) is 0 Å². The Morgan fingerprint density at radius 3 is 1.70 bits per heavy atom. The summed E-state index contributed by atoms with van der Waals surface area (Å²) >= 11 is 0. The van der Waals surface area contributed by atoms with Gasteiger partial charge >= 0.3 is 0 Å². The number of nitrogens with zero attached hydrogens (tertiary/aromatic N) is 3. The van der Waals surface area contributed by atoms with Crippen LogP contribution in [-0.2, 0) is 5.41 Å². The van der Waals surface area contributed by atoms with Crippen LogP contribution in [0.5, 0.6) is 0 Å². The number of para-hydroxylation sites is 2. The topological polar surface area (TPSA) is 21.1 Å². The zero-order valence-electron chi connectivity index (χ0n) is 34.5. The van der Waals surface area contributed by atoms with E-state index < -0.39 is 5.41 Å². The first kappa shape index (κ1) is 36.6. The number of hydrogen-bond donors (Lipinski definition) is 0. The molecule has 0 spiro atoms. The summed E-state index contributed by atoms with van der Waals surface area (Å²) in [5.41, 5.74) is 18.5. The second kappa shape index (κ2) is 15.0. The molecule has 0 atom stereocenters. The molecule has 11 aromatic rings. The summed E-state index contributed by atoms with van der Waals surface area (Å²) in [6.45, 7) is 0. The SMILES string of the molecule is c1ccc(N(c2ccc(-c3cccc(-c4ccc5c6ccccc6n(-c6cccc7c6C(c6ccccc6)(c6ccccc6)c6ccccc6-7)c5c4)c3)cc2)c2cccnc2)cc1. The fraction of sp³-hybridized carbons (Fsp3) is 0.0167. The van der Waals surface area contributed by atoms with E-state index in [1.807, 2.05) is 24.5 Å². The van der Waals surface area contributed by atoms with E-state index in [2.05, 4.69) is 239 Å². The van der Waals surface area contributed by atoms with Crippen LogP contribution in [0.4, 0.5) is 17.1 Å². The van der Waals surface area contributed by atoms with E-state index in [1.54, 1.807) is 0 Å². The second-order valence-corrected chi connectivity index (χ2v) is 16.3. The van der Waals surface area contributed by atoms with E-state index in [0.29, 0.717) is 0 Å². The molecule has 12 rings (SSSR count). The van der Waals surface area contributed by atoms with Crippen LogP contribution in [0.15, 0.2) is 249 Å². The molecule has 0 fully saturated rings. The van der Waals surface area contributed by atoms with Gasteiger partial charge in [-0.05, 0) is 111 Å². The first-order valence-corrected chi connectivity index (χ1v) is 21.6. The minimum absolute atomic E-state index is 0.541. The maximum absolute atomic E-state index is 4.43. The Kier molecular flexibility index (Phi) is 8.72. The van der Waals surface area contributed by atoms with Crippen LogP contribution in [0.2, 0.25) is 0 Å². The van der Waals surface area contributed by atoms with E-state index >= 15 is 0 Å². The van der Waals surface area contributed by atoms with Crippen molar-refractivity contribution in [1.82, 2.24) is 9.55 Å². The third kappa shape index (κ3) is 5.85. The first-order chi connectivity index (χ1) is 31.3. The predicted molar refractivity (Wildman–Crippen MR) is 261 cm³/mol. The zero-order chi connectivity index (χ0) is 41.7. The van der Waals surface area contributed by atoms with Gasteiger partial charge in [0.2, 0.25) is 0 Å². The summed E-state index contributed by atoms with van der Waals surface area (Å²) in [7, 11) is 0. The third-order valence-corrected chi connectivity index (χ3v) is 12.9. The van der Waals surface area contributed by atoms with Gasteiger partial charge in [-0.1, -0.05) is 176 Å². The number of hydrogen-bond acceptors (Lipinski definition) is 2.